The van der Waals surface area contributed by atoms with Crippen LogP contribution in [-0.4, -0.2) is 63.9 Å². The molecule has 5 rings (SSSR count). The molecule has 0 unspecified atom stereocenters. The van der Waals surface area contributed by atoms with Gasteiger partial charge in [-0.2, -0.15) is 4.52 Å². The molecule has 1 aliphatic heterocycles. The van der Waals surface area contributed by atoms with Crippen LogP contribution in [0.5, 0.6) is 5.75 Å². The zero-order chi connectivity index (χ0) is 20.3. The molecule has 1 aliphatic rings. The lowest BCUT2D eigenvalue weighted by atomic mass is 10.1. The molecule has 1 fully saturated rings. The van der Waals surface area contributed by atoms with Crippen molar-refractivity contribution < 1.29 is 13.9 Å². The lowest BCUT2D eigenvalue weighted by Crippen LogP contribution is -2.38. The summed E-state index contributed by atoms with van der Waals surface area (Å²) in [5.41, 5.74) is 8.34. The maximum absolute atomic E-state index is 6.13. The molecule has 0 amide bonds. The largest absolute Gasteiger partial charge is 0.492 e. The molecule has 0 atom stereocenters. The predicted octanol–water partition coefficient (Wildman–Crippen LogP) is 2.34. The van der Waals surface area contributed by atoms with Crippen molar-refractivity contribution in [3.05, 3.63) is 48.7 Å². The Morgan fingerprint density at radius 3 is 2.80 bits per heavy atom. The van der Waals surface area contributed by atoms with Crippen molar-refractivity contribution in [2.75, 3.05) is 45.2 Å². The molecule has 4 heterocycles. The Hall–Kier alpha value is -3.43. The molecule has 30 heavy (non-hydrogen) atoms. The molecule has 1 saturated heterocycles. The van der Waals surface area contributed by atoms with E-state index in [9.17, 15) is 0 Å². The Morgan fingerprint density at radius 2 is 1.97 bits per heavy atom. The van der Waals surface area contributed by atoms with E-state index in [4.69, 9.17) is 19.6 Å². The average molecular weight is 406 g/mol. The van der Waals surface area contributed by atoms with E-state index >= 15 is 0 Å². The highest BCUT2D eigenvalue weighted by atomic mass is 16.5. The summed E-state index contributed by atoms with van der Waals surface area (Å²) in [6.45, 7) is 4.97. The number of morpholine rings is 1. The van der Waals surface area contributed by atoms with E-state index in [1.54, 1.807) is 18.4 Å². The molecule has 4 aromatic rings. The quantitative estimate of drug-likeness (QED) is 0.520. The van der Waals surface area contributed by atoms with Crippen molar-refractivity contribution in [2.45, 2.75) is 0 Å². The molecule has 0 aliphatic carbocycles. The Bertz CT molecular complexity index is 1140. The molecule has 0 saturated carbocycles. The Balaban J connectivity index is 1.35. The van der Waals surface area contributed by atoms with E-state index < -0.39 is 0 Å². The van der Waals surface area contributed by atoms with Crippen molar-refractivity contribution in [3.63, 3.8) is 0 Å². The van der Waals surface area contributed by atoms with E-state index in [1.807, 2.05) is 30.3 Å². The minimum absolute atomic E-state index is 0.256. The fraction of sp³-hybridized carbons (Fsp3) is 0.286. The topological polar surface area (TPSA) is 104 Å². The van der Waals surface area contributed by atoms with Crippen molar-refractivity contribution >= 4 is 11.6 Å². The van der Waals surface area contributed by atoms with Crippen molar-refractivity contribution in [3.8, 4) is 28.6 Å². The number of furan rings is 1. The standard InChI is InChI=1S/C21H22N6O3/c22-21-23-17(14-19-24-20(25-27(19)21)18-5-2-9-30-18)15-3-1-4-16(13-15)29-12-8-26-6-10-28-11-7-26/h1-5,9,13-14H,6-8,10-12H2,(H2,22,23). The molecule has 0 spiro atoms. The molecule has 0 radical (unpaired) electrons. The molecule has 0 bridgehead atoms. The van der Waals surface area contributed by atoms with Gasteiger partial charge in [0.1, 0.15) is 12.4 Å². The van der Waals surface area contributed by atoms with Gasteiger partial charge in [0, 0.05) is 31.3 Å². The molecule has 9 nitrogen and oxygen atoms in total. The Labute approximate surface area is 173 Å². The highest BCUT2D eigenvalue weighted by Gasteiger charge is 2.14. The summed E-state index contributed by atoms with van der Waals surface area (Å²) in [6.07, 6.45) is 1.58. The van der Waals surface area contributed by atoms with Crippen LogP contribution in [0.15, 0.2) is 53.1 Å². The van der Waals surface area contributed by atoms with Gasteiger partial charge in [-0.15, -0.1) is 5.10 Å². The van der Waals surface area contributed by atoms with Gasteiger partial charge in [0.2, 0.25) is 11.8 Å². The predicted molar refractivity (Wildman–Crippen MR) is 111 cm³/mol. The van der Waals surface area contributed by atoms with Crippen LogP contribution in [0.1, 0.15) is 0 Å². The van der Waals surface area contributed by atoms with Crippen LogP contribution in [0, 0.1) is 0 Å². The lowest BCUT2D eigenvalue weighted by molar-refractivity contribution is 0.0322. The number of benzene rings is 1. The number of hydrogen-bond acceptors (Lipinski definition) is 8. The average Bonchev–Trinajstić information content (AvgIpc) is 3.45. The SMILES string of the molecule is Nc1nc(-c2cccc(OCCN3CCOCC3)c2)cc2nc(-c3ccco3)nn12. The molecule has 3 aromatic heterocycles. The second-order valence-electron chi connectivity index (χ2n) is 7.01. The van der Waals surface area contributed by atoms with Gasteiger partial charge in [-0.25, -0.2) is 9.97 Å². The minimum atomic E-state index is 0.256. The number of nitrogens with zero attached hydrogens (tertiary/aromatic N) is 5. The van der Waals surface area contributed by atoms with E-state index in [1.165, 1.54) is 4.52 Å². The van der Waals surface area contributed by atoms with E-state index in [0.717, 1.165) is 44.2 Å². The molecule has 154 valence electrons. The number of nitrogens with two attached hydrogens (primary N) is 1. The Kier molecular flexibility index (Phi) is 5.04. The van der Waals surface area contributed by atoms with Crippen LogP contribution in [-0.2, 0) is 4.74 Å². The van der Waals surface area contributed by atoms with E-state index in [0.29, 0.717) is 29.5 Å². The first-order valence-corrected chi connectivity index (χ1v) is 9.87. The summed E-state index contributed by atoms with van der Waals surface area (Å²) in [5.74, 6) is 2.09. The zero-order valence-corrected chi connectivity index (χ0v) is 16.4. The highest BCUT2D eigenvalue weighted by Crippen LogP contribution is 2.25. The Morgan fingerprint density at radius 1 is 1.07 bits per heavy atom. The molecule has 2 N–H and O–H groups in total. The number of rotatable bonds is 6. The van der Waals surface area contributed by atoms with Gasteiger partial charge >= 0.3 is 0 Å². The lowest BCUT2D eigenvalue weighted by Gasteiger charge is -2.26. The summed E-state index contributed by atoms with van der Waals surface area (Å²) in [4.78, 5) is 11.3. The number of anilines is 1. The van der Waals surface area contributed by atoms with E-state index in [2.05, 4.69) is 20.0 Å². The number of hydrogen-bond donors (Lipinski definition) is 1. The first-order valence-electron chi connectivity index (χ1n) is 9.87. The summed E-state index contributed by atoms with van der Waals surface area (Å²) in [7, 11) is 0. The summed E-state index contributed by atoms with van der Waals surface area (Å²) in [6, 6.07) is 13.3. The molecular formula is C21H22N6O3. The third-order valence-corrected chi connectivity index (χ3v) is 5.00. The number of fused-ring (bicyclic) bond motifs is 1. The van der Waals surface area contributed by atoms with Gasteiger partial charge in [-0.1, -0.05) is 12.1 Å². The maximum Gasteiger partial charge on any atom is 0.223 e. The highest BCUT2D eigenvalue weighted by molar-refractivity contribution is 5.67. The van der Waals surface area contributed by atoms with Gasteiger partial charge in [-0.05, 0) is 24.3 Å². The van der Waals surface area contributed by atoms with Crippen LogP contribution in [0.3, 0.4) is 0 Å². The number of aromatic nitrogens is 4. The van der Waals surface area contributed by atoms with Gasteiger partial charge < -0.3 is 19.6 Å². The molecular weight excluding hydrogens is 384 g/mol. The molecule has 9 heteroatoms. The summed E-state index contributed by atoms with van der Waals surface area (Å²) in [5, 5.41) is 4.38. The van der Waals surface area contributed by atoms with Crippen LogP contribution in [0.4, 0.5) is 5.95 Å². The van der Waals surface area contributed by atoms with Gasteiger partial charge in [-0.3, -0.25) is 4.90 Å². The second-order valence-corrected chi connectivity index (χ2v) is 7.01. The minimum Gasteiger partial charge on any atom is -0.492 e. The first-order chi connectivity index (χ1) is 14.8. The van der Waals surface area contributed by atoms with Crippen molar-refractivity contribution in [1.82, 2.24) is 24.5 Å². The van der Waals surface area contributed by atoms with Gasteiger partial charge in [0.25, 0.3) is 0 Å². The fourth-order valence-corrected chi connectivity index (χ4v) is 3.43. The fourth-order valence-electron chi connectivity index (χ4n) is 3.43. The monoisotopic (exact) mass is 406 g/mol. The second kappa shape index (κ2) is 8.13. The van der Waals surface area contributed by atoms with E-state index in [-0.39, 0.29) is 5.95 Å². The summed E-state index contributed by atoms with van der Waals surface area (Å²) >= 11 is 0. The smallest absolute Gasteiger partial charge is 0.223 e. The van der Waals surface area contributed by atoms with Crippen molar-refractivity contribution in [2.24, 2.45) is 0 Å². The normalized spacial score (nSPS) is 14.9. The number of nitrogen functional groups attached to an aromatic ring is 1. The van der Waals surface area contributed by atoms with Gasteiger partial charge in [0.05, 0.1) is 25.2 Å². The summed E-state index contributed by atoms with van der Waals surface area (Å²) < 4.78 is 18.2. The molecule has 1 aromatic carbocycles. The third-order valence-electron chi connectivity index (χ3n) is 5.00. The van der Waals surface area contributed by atoms with Crippen LogP contribution in [0.2, 0.25) is 0 Å². The van der Waals surface area contributed by atoms with Crippen LogP contribution >= 0.6 is 0 Å². The van der Waals surface area contributed by atoms with Crippen molar-refractivity contribution in [1.29, 1.82) is 0 Å². The number of ether oxygens (including phenoxy) is 2. The first kappa shape index (κ1) is 18.6. The zero-order valence-electron chi connectivity index (χ0n) is 16.4. The van der Waals surface area contributed by atoms with Crippen LogP contribution < -0.4 is 10.5 Å². The third kappa shape index (κ3) is 3.85. The van der Waals surface area contributed by atoms with Crippen LogP contribution in [0.25, 0.3) is 28.5 Å². The maximum atomic E-state index is 6.13. The van der Waals surface area contributed by atoms with Gasteiger partial charge in [0.15, 0.2) is 11.4 Å².